The van der Waals surface area contributed by atoms with Crippen LogP contribution in [0.25, 0.3) is 0 Å². The van der Waals surface area contributed by atoms with E-state index in [0.29, 0.717) is 0 Å². The Balaban J connectivity index is 2.03. The van der Waals surface area contributed by atoms with Crippen molar-refractivity contribution in [2.24, 2.45) is 0 Å². The average molecular weight is 353 g/mol. The molecule has 0 spiro atoms. The highest BCUT2D eigenvalue weighted by molar-refractivity contribution is 5.95. The Morgan fingerprint density at radius 3 is 2.80 bits per heavy atom. The molecular weight excluding hydrogens is 336 g/mol. The van der Waals surface area contributed by atoms with E-state index in [1.807, 2.05) is 0 Å². The number of aromatic nitrogens is 1. The molecule has 2 rings (SSSR count). The fourth-order valence-electron chi connectivity index (χ4n) is 1.95. The summed E-state index contributed by atoms with van der Waals surface area (Å²) in [6.07, 6.45) is 1.11. The third-order valence-electron chi connectivity index (χ3n) is 3.57. The van der Waals surface area contributed by atoms with Gasteiger partial charge in [0.05, 0.1) is 0 Å². The third kappa shape index (κ3) is 4.11. The van der Waals surface area contributed by atoms with Gasteiger partial charge in [-0.2, -0.15) is 4.39 Å². The molecule has 0 fully saturated rings. The van der Waals surface area contributed by atoms with E-state index in [-0.39, 0.29) is 29.8 Å². The lowest BCUT2D eigenvalue weighted by Gasteiger charge is -2.22. The van der Waals surface area contributed by atoms with Crippen LogP contribution in [0.2, 0.25) is 0 Å². The molecule has 0 aliphatic carbocycles. The van der Waals surface area contributed by atoms with Crippen molar-refractivity contribution in [2.45, 2.75) is 19.6 Å². The highest BCUT2D eigenvalue weighted by Crippen LogP contribution is 2.20. The van der Waals surface area contributed by atoms with E-state index in [1.54, 1.807) is 6.92 Å². The van der Waals surface area contributed by atoms with Crippen molar-refractivity contribution in [1.29, 1.82) is 0 Å². The molecule has 0 aliphatic heterocycles. The Bertz CT molecular complexity index is 778. The number of oxazole rings is 1. The number of carbonyl (C=O) groups is 2. The van der Waals surface area contributed by atoms with Gasteiger partial charge in [-0.05, 0) is 19.1 Å². The van der Waals surface area contributed by atoms with Gasteiger partial charge in [0.15, 0.2) is 23.9 Å². The van der Waals surface area contributed by atoms with Crippen LogP contribution in [0, 0.1) is 11.6 Å². The molecule has 9 heteroatoms. The molecule has 1 heterocycles. The van der Waals surface area contributed by atoms with Crippen molar-refractivity contribution >= 4 is 11.8 Å². The lowest BCUT2D eigenvalue weighted by atomic mass is 10.2. The lowest BCUT2D eigenvalue weighted by molar-refractivity contribution is -0.124. The van der Waals surface area contributed by atoms with Crippen LogP contribution in [0.1, 0.15) is 23.3 Å². The van der Waals surface area contributed by atoms with Crippen molar-refractivity contribution in [3.8, 4) is 5.75 Å². The number of likely N-dealkylation sites (N-methyl/N-ethyl adjacent to an activating group) is 2. The molecule has 1 atom stereocenters. The minimum absolute atomic E-state index is 0.00741. The number of hydrogen-bond donors (Lipinski definition) is 1. The summed E-state index contributed by atoms with van der Waals surface area (Å²) in [6, 6.07) is 2.82. The summed E-state index contributed by atoms with van der Waals surface area (Å²) >= 11 is 0. The molecule has 0 bridgehead atoms. The maximum atomic E-state index is 13.5. The summed E-state index contributed by atoms with van der Waals surface area (Å²) in [5, 5.41) is 2.44. The van der Waals surface area contributed by atoms with E-state index in [4.69, 9.17) is 9.15 Å². The van der Waals surface area contributed by atoms with Crippen molar-refractivity contribution in [3.63, 3.8) is 0 Å². The Morgan fingerprint density at radius 1 is 1.40 bits per heavy atom. The normalized spacial score (nSPS) is 11.7. The van der Waals surface area contributed by atoms with E-state index in [2.05, 4.69) is 10.3 Å². The first kappa shape index (κ1) is 18.4. The van der Waals surface area contributed by atoms with E-state index < -0.39 is 23.6 Å². The third-order valence-corrected chi connectivity index (χ3v) is 3.57. The highest BCUT2D eigenvalue weighted by atomic mass is 19.2. The molecule has 1 aromatic heterocycles. The van der Waals surface area contributed by atoms with Crippen LogP contribution in [0.3, 0.4) is 0 Å². The SMILES string of the molecule is CNC(=O)C(C)N(C)C(=O)c1coc(COc2cccc(F)c2F)n1. The van der Waals surface area contributed by atoms with Gasteiger partial charge in [-0.25, -0.2) is 9.37 Å². The van der Waals surface area contributed by atoms with Gasteiger partial charge in [-0.3, -0.25) is 9.59 Å². The van der Waals surface area contributed by atoms with Crippen LogP contribution in [0.15, 0.2) is 28.9 Å². The smallest absolute Gasteiger partial charge is 0.276 e. The highest BCUT2D eigenvalue weighted by Gasteiger charge is 2.25. The summed E-state index contributed by atoms with van der Waals surface area (Å²) in [5.41, 5.74) is -0.0310. The molecule has 0 aliphatic rings. The first-order chi connectivity index (χ1) is 11.8. The number of carbonyl (C=O) groups excluding carboxylic acids is 2. The predicted molar refractivity (Wildman–Crippen MR) is 82.8 cm³/mol. The molecule has 1 N–H and O–H groups in total. The van der Waals surface area contributed by atoms with Crippen LogP contribution in [0.5, 0.6) is 5.75 Å². The largest absolute Gasteiger partial charge is 0.481 e. The van der Waals surface area contributed by atoms with E-state index in [1.165, 1.54) is 31.1 Å². The first-order valence-electron chi connectivity index (χ1n) is 7.35. The van der Waals surface area contributed by atoms with Crippen molar-refractivity contribution in [2.75, 3.05) is 14.1 Å². The summed E-state index contributed by atoms with van der Waals surface area (Å²) in [5.74, 6) is -3.30. The first-order valence-corrected chi connectivity index (χ1v) is 7.35. The second-order valence-electron chi connectivity index (χ2n) is 5.17. The molecule has 134 valence electrons. The number of benzene rings is 1. The van der Waals surface area contributed by atoms with Gasteiger partial charge in [0.1, 0.15) is 12.3 Å². The molecule has 0 saturated carbocycles. The Hall–Kier alpha value is -2.97. The lowest BCUT2D eigenvalue weighted by Crippen LogP contribution is -2.44. The number of nitrogens with one attached hydrogen (secondary N) is 1. The zero-order chi connectivity index (χ0) is 18.6. The molecule has 2 amide bonds. The molecule has 0 saturated heterocycles. The van der Waals surface area contributed by atoms with Crippen LogP contribution in [-0.4, -0.2) is 41.8 Å². The minimum Gasteiger partial charge on any atom is -0.481 e. The Morgan fingerprint density at radius 2 is 2.12 bits per heavy atom. The van der Waals surface area contributed by atoms with Crippen LogP contribution >= 0.6 is 0 Å². The second kappa shape index (κ2) is 7.73. The van der Waals surface area contributed by atoms with E-state index in [0.717, 1.165) is 12.3 Å². The van der Waals surface area contributed by atoms with Gasteiger partial charge in [0.2, 0.25) is 17.6 Å². The van der Waals surface area contributed by atoms with Crippen molar-refractivity contribution < 1.29 is 27.5 Å². The minimum atomic E-state index is -1.12. The van der Waals surface area contributed by atoms with Crippen LogP contribution in [-0.2, 0) is 11.4 Å². The van der Waals surface area contributed by atoms with E-state index >= 15 is 0 Å². The van der Waals surface area contributed by atoms with Crippen molar-refractivity contribution in [3.05, 3.63) is 47.7 Å². The molecule has 0 radical (unpaired) electrons. The van der Waals surface area contributed by atoms with Gasteiger partial charge >= 0.3 is 0 Å². The van der Waals surface area contributed by atoms with Crippen LogP contribution in [0.4, 0.5) is 8.78 Å². The van der Waals surface area contributed by atoms with Gasteiger partial charge in [0.25, 0.3) is 5.91 Å². The Kier molecular flexibility index (Phi) is 5.68. The van der Waals surface area contributed by atoms with Crippen molar-refractivity contribution in [1.82, 2.24) is 15.2 Å². The fourth-order valence-corrected chi connectivity index (χ4v) is 1.95. The molecule has 2 aromatic rings. The molecular formula is C16H17F2N3O4. The summed E-state index contributed by atoms with van der Waals surface area (Å²) < 4.78 is 36.8. The van der Waals surface area contributed by atoms with E-state index in [9.17, 15) is 18.4 Å². The molecule has 1 aromatic carbocycles. The van der Waals surface area contributed by atoms with Gasteiger partial charge in [-0.1, -0.05) is 6.07 Å². The monoisotopic (exact) mass is 353 g/mol. The van der Waals surface area contributed by atoms with Gasteiger partial charge in [0, 0.05) is 14.1 Å². The zero-order valence-electron chi connectivity index (χ0n) is 13.9. The van der Waals surface area contributed by atoms with Gasteiger partial charge in [-0.15, -0.1) is 0 Å². The second-order valence-corrected chi connectivity index (χ2v) is 5.17. The summed E-state index contributed by atoms with van der Waals surface area (Å²) in [4.78, 5) is 29.0. The number of ether oxygens (including phenoxy) is 1. The molecule has 1 unspecified atom stereocenters. The average Bonchev–Trinajstić information content (AvgIpc) is 3.09. The fraction of sp³-hybridized carbons (Fsp3) is 0.312. The number of amides is 2. The summed E-state index contributed by atoms with van der Waals surface area (Å²) in [6.45, 7) is 1.27. The summed E-state index contributed by atoms with van der Waals surface area (Å²) in [7, 11) is 2.92. The zero-order valence-corrected chi connectivity index (χ0v) is 13.9. The number of rotatable bonds is 6. The number of halogens is 2. The topological polar surface area (TPSA) is 84.7 Å². The standard InChI is InChI=1S/C16H17F2N3O4/c1-9(15(22)19-2)21(3)16(23)11-7-25-13(20-11)8-24-12-6-4-5-10(17)14(12)18/h4-7,9H,8H2,1-3H3,(H,19,22). The molecule has 7 nitrogen and oxygen atoms in total. The quantitative estimate of drug-likeness (QED) is 0.855. The maximum absolute atomic E-state index is 13.5. The molecule has 25 heavy (non-hydrogen) atoms. The van der Waals surface area contributed by atoms with Crippen LogP contribution < -0.4 is 10.1 Å². The number of nitrogens with zero attached hydrogens (tertiary/aromatic N) is 2. The Labute approximate surface area is 142 Å². The number of hydrogen-bond acceptors (Lipinski definition) is 5. The maximum Gasteiger partial charge on any atom is 0.276 e. The van der Waals surface area contributed by atoms with Gasteiger partial charge < -0.3 is 19.4 Å². The predicted octanol–water partition coefficient (Wildman–Crippen LogP) is 1.74.